The average molecular weight is 800 g/mol. The summed E-state index contributed by atoms with van der Waals surface area (Å²) in [7, 11) is -0.747. The molecule has 57 heavy (non-hydrogen) atoms. The van der Waals surface area contributed by atoms with Crippen molar-refractivity contribution in [1.29, 1.82) is 0 Å². The summed E-state index contributed by atoms with van der Waals surface area (Å²) in [6.45, 7) is 15.6. The number of fused-ring (bicyclic) bond motifs is 3. The number of methoxy groups -OCH3 is 1. The van der Waals surface area contributed by atoms with Crippen LogP contribution in [0.25, 0.3) is 32.9 Å². The minimum Gasteiger partial charge on any atom is -0.468 e. The van der Waals surface area contributed by atoms with Crippen LogP contribution in [0.15, 0.2) is 30.5 Å². The molecule has 4 fully saturated rings. The Labute approximate surface area is 335 Å². The zero-order valence-electron chi connectivity index (χ0n) is 34.4. The molecule has 2 aliphatic heterocycles. The lowest BCUT2D eigenvalue weighted by atomic mass is 9.95. The van der Waals surface area contributed by atoms with Crippen molar-refractivity contribution < 1.29 is 27.4 Å². The third kappa shape index (κ3) is 7.49. The first kappa shape index (κ1) is 39.9. The molecule has 4 heterocycles. The highest BCUT2D eigenvalue weighted by Gasteiger charge is 2.49. The topological polar surface area (TPSA) is 72.8 Å². The number of hydrogen-bond acceptors (Lipinski definition) is 8. The molecule has 4 aromatic rings. The minimum absolute atomic E-state index is 0.00325. The zero-order chi connectivity index (χ0) is 40.2. The quantitative estimate of drug-likeness (QED) is 0.0710. The fraction of sp³-hybridized carbons (Fsp3) is 0.578. The Kier molecular flexibility index (Phi) is 11.0. The lowest BCUT2D eigenvalue weighted by molar-refractivity contribution is 0.0512. The Bertz CT molecular complexity index is 2200. The molecule has 12 heteroatoms. The fourth-order valence-corrected chi connectivity index (χ4v) is 15.3. The summed E-state index contributed by atoms with van der Waals surface area (Å²) < 4.78 is 66.1. The van der Waals surface area contributed by atoms with Gasteiger partial charge in [-0.25, -0.2) is 13.2 Å². The summed E-state index contributed by atoms with van der Waals surface area (Å²) in [5, 5.41) is 1.58. The van der Waals surface area contributed by atoms with Crippen molar-refractivity contribution >= 4 is 35.6 Å². The van der Waals surface area contributed by atoms with Gasteiger partial charge in [-0.15, -0.1) is 5.54 Å². The van der Waals surface area contributed by atoms with E-state index in [-0.39, 0.29) is 36.2 Å². The third-order valence-corrected chi connectivity index (χ3v) is 19.5. The first-order chi connectivity index (χ1) is 27.3. The summed E-state index contributed by atoms with van der Waals surface area (Å²) in [5.41, 5.74) is 4.88. The van der Waals surface area contributed by atoms with Crippen molar-refractivity contribution in [3.8, 4) is 34.5 Å². The smallest absolute Gasteiger partial charge is 0.319 e. The maximum Gasteiger partial charge on any atom is 0.319 e. The van der Waals surface area contributed by atoms with Crippen LogP contribution in [-0.2, 0) is 4.74 Å². The molecule has 0 spiro atoms. The Morgan fingerprint density at radius 1 is 1.00 bits per heavy atom. The van der Waals surface area contributed by atoms with Crippen molar-refractivity contribution in [2.75, 3.05) is 45.0 Å². The highest BCUT2D eigenvalue weighted by Crippen LogP contribution is 2.45. The van der Waals surface area contributed by atoms with Crippen LogP contribution >= 0.6 is 0 Å². The highest BCUT2D eigenvalue weighted by molar-refractivity contribution is 6.90. The molecule has 8 rings (SSSR count). The lowest BCUT2D eigenvalue weighted by Gasteiger charge is -2.38. The van der Waals surface area contributed by atoms with E-state index in [4.69, 9.17) is 29.2 Å². The lowest BCUT2D eigenvalue weighted by Crippen LogP contribution is -2.43. The summed E-state index contributed by atoms with van der Waals surface area (Å²) in [6.07, 6.45) is 7.31. The molecule has 304 valence electrons. The van der Waals surface area contributed by atoms with Crippen LogP contribution in [0, 0.1) is 29.0 Å². The maximum atomic E-state index is 17.6. The Morgan fingerprint density at radius 2 is 1.75 bits per heavy atom. The van der Waals surface area contributed by atoms with Gasteiger partial charge in [0.2, 0.25) is 0 Å². The number of ether oxygens (including phenoxy) is 3. The number of halogens is 3. The molecular formula is C45H56F3N5O3Si. The maximum absolute atomic E-state index is 17.6. The van der Waals surface area contributed by atoms with E-state index in [1.807, 2.05) is 0 Å². The number of rotatable bonds is 14. The number of nitrogens with zero attached hydrogens (tertiary/aromatic N) is 5. The molecule has 4 aliphatic rings. The standard InChI is InChI=1S/C45H56F3N5O3Si/c1-27(2)57(28(3)4,29(5)6)18-15-35-38(47)14-11-31-19-34(56-26-54-7)20-36(39(31)35)41-40(48)42-37(22-49-41)43(53(33-12-13-33)23-30-9-10-30)51-44(50-42)55-25-45-16-8-17-52(45)24-32(46)21-45/h11,14,19-20,22,27-30,32-33H,8-10,12-13,16-17,21,23-26H2,1-7H3/t32-,45+/m1/s1. The summed E-state index contributed by atoms with van der Waals surface area (Å²) in [6, 6.07) is 6.94. The molecular weight excluding hydrogens is 744 g/mol. The van der Waals surface area contributed by atoms with Gasteiger partial charge in [-0.3, -0.25) is 9.88 Å². The molecule has 0 N–H and O–H groups in total. The molecule has 8 nitrogen and oxygen atoms in total. The second kappa shape index (κ2) is 15.7. The SMILES string of the molecule is COCOc1cc(-c2ncc3c(N(CC4CC4)C4CC4)nc(OC[C@@]45CCCN4C[C@H](F)C5)nc3c2F)c2c(C#C[Si](C(C)C)(C(C)C)C(C)C)c(F)ccc2c1. The van der Waals surface area contributed by atoms with Crippen molar-refractivity contribution in [2.24, 2.45) is 5.92 Å². The first-order valence-corrected chi connectivity index (χ1v) is 23.1. The van der Waals surface area contributed by atoms with Gasteiger partial charge in [-0.05, 0) is 91.2 Å². The molecule has 2 aromatic heterocycles. The van der Waals surface area contributed by atoms with Gasteiger partial charge < -0.3 is 19.1 Å². The van der Waals surface area contributed by atoms with E-state index in [0.29, 0.717) is 74.8 Å². The largest absolute Gasteiger partial charge is 0.468 e. The molecule has 2 saturated carbocycles. The number of pyridine rings is 1. The Morgan fingerprint density at radius 3 is 2.44 bits per heavy atom. The second-order valence-electron chi connectivity index (χ2n) is 17.9. The van der Waals surface area contributed by atoms with Crippen LogP contribution in [0.1, 0.15) is 92.1 Å². The van der Waals surface area contributed by atoms with E-state index in [2.05, 4.69) is 62.8 Å². The van der Waals surface area contributed by atoms with Crippen LogP contribution in [0.4, 0.5) is 19.0 Å². The van der Waals surface area contributed by atoms with Gasteiger partial charge in [-0.1, -0.05) is 53.5 Å². The predicted molar refractivity (Wildman–Crippen MR) is 222 cm³/mol. The second-order valence-corrected chi connectivity index (χ2v) is 23.5. The molecule has 2 aliphatic carbocycles. The molecule has 0 unspecified atom stereocenters. The van der Waals surface area contributed by atoms with Crippen molar-refractivity contribution in [1.82, 2.24) is 19.9 Å². The number of anilines is 1. The van der Waals surface area contributed by atoms with Crippen molar-refractivity contribution in [3.05, 3.63) is 47.7 Å². The predicted octanol–water partition coefficient (Wildman–Crippen LogP) is 10.0. The fourth-order valence-electron chi connectivity index (χ4n) is 10.1. The van der Waals surface area contributed by atoms with Crippen LogP contribution in [0.2, 0.25) is 16.6 Å². The van der Waals surface area contributed by atoms with Crippen LogP contribution in [0.5, 0.6) is 11.8 Å². The van der Waals surface area contributed by atoms with Gasteiger partial charge in [0.25, 0.3) is 0 Å². The van der Waals surface area contributed by atoms with Gasteiger partial charge in [0.1, 0.15) is 49.4 Å². The van der Waals surface area contributed by atoms with Gasteiger partial charge in [-0.2, -0.15) is 9.97 Å². The van der Waals surface area contributed by atoms with E-state index in [1.165, 1.54) is 13.2 Å². The van der Waals surface area contributed by atoms with Crippen LogP contribution < -0.4 is 14.4 Å². The van der Waals surface area contributed by atoms with Crippen molar-refractivity contribution in [2.45, 2.75) is 121 Å². The van der Waals surface area contributed by atoms with Crippen LogP contribution in [-0.4, -0.2) is 85.8 Å². The molecule has 2 atom stereocenters. The monoisotopic (exact) mass is 799 g/mol. The summed E-state index contributed by atoms with van der Waals surface area (Å²) >= 11 is 0. The molecule has 0 bridgehead atoms. The van der Waals surface area contributed by atoms with Crippen molar-refractivity contribution in [3.63, 3.8) is 0 Å². The molecule has 0 amide bonds. The van der Waals surface area contributed by atoms with Gasteiger partial charge in [0.15, 0.2) is 12.6 Å². The van der Waals surface area contributed by atoms with E-state index >= 15 is 8.78 Å². The Hall–Kier alpha value is -3.92. The first-order valence-electron chi connectivity index (χ1n) is 20.9. The normalized spacial score (nSPS) is 21.2. The third-order valence-electron chi connectivity index (χ3n) is 13.2. The number of aromatic nitrogens is 3. The van der Waals surface area contributed by atoms with E-state index in [1.54, 1.807) is 24.4 Å². The van der Waals surface area contributed by atoms with Gasteiger partial charge in [0, 0.05) is 49.8 Å². The zero-order valence-corrected chi connectivity index (χ0v) is 35.4. The van der Waals surface area contributed by atoms with Gasteiger partial charge in [0.05, 0.1) is 16.5 Å². The van der Waals surface area contributed by atoms with E-state index in [0.717, 1.165) is 51.6 Å². The minimum atomic E-state index is -2.28. The molecule has 2 aromatic carbocycles. The van der Waals surface area contributed by atoms with E-state index < -0.39 is 31.4 Å². The highest BCUT2D eigenvalue weighted by atomic mass is 28.3. The number of hydrogen-bond donors (Lipinski definition) is 0. The molecule has 2 saturated heterocycles. The van der Waals surface area contributed by atoms with Gasteiger partial charge >= 0.3 is 6.01 Å². The van der Waals surface area contributed by atoms with E-state index in [9.17, 15) is 4.39 Å². The summed E-state index contributed by atoms with van der Waals surface area (Å²) in [5.74, 6) is 3.78. The molecule has 0 radical (unpaired) electrons. The van der Waals surface area contributed by atoms with Crippen LogP contribution in [0.3, 0.4) is 0 Å². The summed E-state index contributed by atoms with van der Waals surface area (Å²) in [4.78, 5) is 19.0. The Balaban J connectivity index is 1.31. The number of benzene rings is 2. The number of alkyl halides is 1. The average Bonchev–Trinajstić information content (AvgIpc) is 4.11.